The van der Waals surface area contributed by atoms with Crippen LogP contribution in [0.5, 0.6) is 0 Å². The van der Waals surface area contributed by atoms with Crippen molar-refractivity contribution in [2.24, 2.45) is 0 Å². The smallest absolute Gasteiger partial charge is 0.253 e. The number of fused-ring (bicyclic) bond motifs is 1. The maximum absolute atomic E-state index is 13.3. The van der Waals surface area contributed by atoms with Gasteiger partial charge in [-0.1, -0.05) is 91.0 Å². The molecule has 0 radical (unpaired) electrons. The van der Waals surface area contributed by atoms with Gasteiger partial charge >= 0.3 is 0 Å². The van der Waals surface area contributed by atoms with Gasteiger partial charge in [-0.3, -0.25) is 9.69 Å². The van der Waals surface area contributed by atoms with Crippen LogP contribution in [0.1, 0.15) is 38.7 Å². The molecule has 6 rings (SSSR count). The maximum atomic E-state index is 13.3. The summed E-state index contributed by atoms with van der Waals surface area (Å²) in [6.45, 7) is 5.11. The molecule has 2 aliphatic rings. The Hall–Kier alpha value is -3.89. The number of para-hydroxylation sites is 1. The minimum Gasteiger partial charge on any atom is -0.367 e. The van der Waals surface area contributed by atoms with Crippen molar-refractivity contribution in [2.75, 3.05) is 37.6 Å². The number of rotatable bonds is 6. The average Bonchev–Trinajstić information content (AvgIpc) is 3.37. The van der Waals surface area contributed by atoms with Gasteiger partial charge in [-0.15, -0.1) is 0 Å². The van der Waals surface area contributed by atoms with Crippen LogP contribution >= 0.6 is 0 Å². The van der Waals surface area contributed by atoms with Crippen molar-refractivity contribution in [1.82, 2.24) is 9.80 Å². The van der Waals surface area contributed by atoms with Gasteiger partial charge in [-0.25, -0.2) is 0 Å². The highest BCUT2D eigenvalue weighted by molar-refractivity contribution is 5.94. The molecule has 0 spiro atoms. The number of carbonyl (C=O) groups excluding carboxylic acids is 1. The number of anilines is 1. The minimum atomic E-state index is 0.133. The predicted molar refractivity (Wildman–Crippen MR) is 150 cm³/mol. The first-order valence-corrected chi connectivity index (χ1v) is 13.3. The largest absolute Gasteiger partial charge is 0.367 e. The summed E-state index contributed by atoms with van der Waals surface area (Å²) in [5.74, 6) is 0.133. The monoisotopic (exact) mass is 487 g/mol. The number of amides is 1. The van der Waals surface area contributed by atoms with Crippen molar-refractivity contribution < 1.29 is 4.79 Å². The first kappa shape index (κ1) is 23.5. The van der Waals surface area contributed by atoms with E-state index in [4.69, 9.17) is 0 Å². The Kier molecular flexibility index (Phi) is 6.74. The zero-order valence-corrected chi connectivity index (χ0v) is 21.2. The lowest BCUT2D eigenvalue weighted by Gasteiger charge is -2.39. The third-order valence-corrected chi connectivity index (χ3v) is 7.75. The van der Waals surface area contributed by atoms with Crippen molar-refractivity contribution in [3.63, 3.8) is 0 Å². The van der Waals surface area contributed by atoms with Crippen LogP contribution in [-0.4, -0.2) is 48.4 Å². The Morgan fingerprint density at radius 3 is 1.89 bits per heavy atom. The van der Waals surface area contributed by atoms with Crippen molar-refractivity contribution in [1.29, 1.82) is 0 Å². The second kappa shape index (κ2) is 10.6. The second-order valence-corrected chi connectivity index (χ2v) is 10.0. The molecule has 1 amide bonds. The van der Waals surface area contributed by atoms with E-state index < -0.39 is 0 Å². The van der Waals surface area contributed by atoms with Crippen LogP contribution in [0.2, 0.25) is 0 Å². The Balaban J connectivity index is 1.10. The molecule has 0 N–H and O–H groups in total. The molecule has 0 bridgehead atoms. The molecule has 0 aromatic heterocycles. The zero-order chi connectivity index (χ0) is 25.0. The molecule has 2 aliphatic heterocycles. The molecule has 2 heterocycles. The summed E-state index contributed by atoms with van der Waals surface area (Å²) in [4.78, 5) is 20.3. The van der Waals surface area contributed by atoms with Gasteiger partial charge in [0.1, 0.15) is 0 Å². The van der Waals surface area contributed by atoms with Crippen LogP contribution in [-0.2, 0) is 13.0 Å². The summed E-state index contributed by atoms with van der Waals surface area (Å²) in [6, 6.07) is 38.5. The van der Waals surface area contributed by atoms with E-state index >= 15 is 0 Å². The zero-order valence-electron chi connectivity index (χ0n) is 21.2. The summed E-state index contributed by atoms with van der Waals surface area (Å²) in [5, 5.41) is 0. The van der Waals surface area contributed by atoms with Gasteiger partial charge in [0.15, 0.2) is 0 Å². The van der Waals surface area contributed by atoms with E-state index in [9.17, 15) is 4.79 Å². The summed E-state index contributed by atoms with van der Waals surface area (Å²) >= 11 is 0. The van der Waals surface area contributed by atoms with Crippen LogP contribution in [0.4, 0.5) is 5.69 Å². The third kappa shape index (κ3) is 5.03. The van der Waals surface area contributed by atoms with E-state index in [2.05, 4.69) is 107 Å². The number of carbonyl (C=O) groups is 1. The number of benzene rings is 4. The molecular formula is C33H33N3O. The fourth-order valence-corrected chi connectivity index (χ4v) is 5.79. The maximum Gasteiger partial charge on any atom is 0.253 e. The molecule has 1 fully saturated rings. The first-order valence-electron chi connectivity index (χ1n) is 13.3. The van der Waals surface area contributed by atoms with E-state index in [0.29, 0.717) is 0 Å². The number of hydrogen-bond donors (Lipinski definition) is 0. The average molecular weight is 488 g/mol. The Morgan fingerprint density at radius 1 is 0.649 bits per heavy atom. The lowest BCUT2D eigenvalue weighted by atomic mass is 9.96. The van der Waals surface area contributed by atoms with Gasteiger partial charge in [-0.2, -0.15) is 0 Å². The van der Waals surface area contributed by atoms with Gasteiger partial charge in [0.2, 0.25) is 0 Å². The molecule has 1 saturated heterocycles. The highest BCUT2D eigenvalue weighted by Crippen LogP contribution is 2.30. The molecule has 0 saturated carbocycles. The van der Waals surface area contributed by atoms with Crippen LogP contribution in [0.25, 0.3) is 0 Å². The molecule has 4 aromatic carbocycles. The van der Waals surface area contributed by atoms with Crippen LogP contribution < -0.4 is 4.90 Å². The molecule has 4 heteroatoms. The van der Waals surface area contributed by atoms with Gasteiger partial charge in [0.25, 0.3) is 5.91 Å². The summed E-state index contributed by atoms with van der Waals surface area (Å²) in [7, 11) is 0. The van der Waals surface area contributed by atoms with E-state index in [1.165, 1.54) is 27.9 Å². The standard InChI is InChI=1S/C33H33N3O/c37-33(30-17-15-26(16-18-30)25-36-20-19-27-9-7-8-14-31(27)36)35-23-21-34(22-24-35)32(28-10-3-1-4-11-28)29-12-5-2-6-13-29/h1-18,32H,19-25H2. The topological polar surface area (TPSA) is 26.8 Å². The second-order valence-electron chi connectivity index (χ2n) is 10.0. The van der Waals surface area contributed by atoms with Gasteiger partial charge in [-0.05, 0) is 46.9 Å². The van der Waals surface area contributed by atoms with E-state index in [-0.39, 0.29) is 11.9 Å². The number of nitrogens with zero attached hydrogens (tertiary/aromatic N) is 3. The van der Waals surface area contributed by atoms with Gasteiger partial charge in [0, 0.05) is 50.5 Å². The normalized spacial score (nSPS) is 15.7. The fourth-order valence-electron chi connectivity index (χ4n) is 5.79. The van der Waals surface area contributed by atoms with E-state index in [0.717, 1.165) is 51.3 Å². The molecule has 0 atom stereocenters. The lowest BCUT2D eigenvalue weighted by Crippen LogP contribution is -2.49. The van der Waals surface area contributed by atoms with Crippen molar-refractivity contribution in [2.45, 2.75) is 19.0 Å². The Morgan fingerprint density at radius 2 is 1.24 bits per heavy atom. The van der Waals surface area contributed by atoms with Crippen LogP contribution in [0.15, 0.2) is 109 Å². The highest BCUT2D eigenvalue weighted by Gasteiger charge is 2.28. The Labute approximate surface area is 219 Å². The third-order valence-electron chi connectivity index (χ3n) is 7.75. The molecule has 4 nitrogen and oxygen atoms in total. The van der Waals surface area contributed by atoms with Crippen LogP contribution in [0, 0.1) is 0 Å². The molecule has 0 aliphatic carbocycles. The fraction of sp³-hybridized carbons (Fsp3) is 0.242. The van der Waals surface area contributed by atoms with Crippen molar-refractivity contribution in [3.8, 4) is 0 Å². The highest BCUT2D eigenvalue weighted by atomic mass is 16.2. The predicted octanol–water partition coefficient (Wildman–Crippen LogP) is 5.80. The summed E-state index contributed by atoms with van der Waals surface area (Å²) in [6.07, 6.45) is 1.11. The quantitative estimate of drug-likeness (QED) is 0.344. The lowest BCUT2D eigenvalue weighted by molar-refractivity contribution is 0.0597. The first-order chi connectivity index (χ1) is 18.3. The summed E-state index contributed by atoms with van der Waals surface area (Å²) < 4.78 is 0. The van der Waals surface area contributed by atoms with Crippen molar-refractivity contribution >= 4 is 11.6 Å². The van der Waals surface area contributed by atoms with E-state index in [1.54, 1.807) is 0 Å². The van der Waals surface area contributed by atoms with Gasteiger partial charge < -0.3 is 9.80 Å². The van der Waals surface area contributed by atoms with Gasteiger partial charge in [0.05, 0.1) is 6.04 Å². The molecule has 4 aromatic rings. The molecule has 0 unspecified atom stereocenters. The number of hydrogen-bond acceptors (Lipinski definition) is 3. The van der Waals surface area contributed by atoms with E-state index in [1.807, 2.05) is 17.0 Å². The van der Waals surface area contributed by atoms with Crippen LogP contribution in [0.3, 0.4) is 0 Å². The minimum absolute atomic E-state index is 0.133. The summed E-state index contributed by atoms with van der Waals surface area (Å²) in [5.41, 5.74) is 7.38. The molecular weight excluding hydrogens is 454 g/mol. The molecule has 37 heavy (non-hydrogen) atoms. The van der Waals surface area contributed by atoms with Crippen molar-refractivity contribution in [3.05, 3.63) is 137 Å². The number of piperazine rings is 1. The Bertz CT molecular complexity index is 1290. The molecule has 186 valence electrons. The SMILES string of the molecule is O=C(c1ccc(CN2CCc3ccccc32)cc1)N1CCN(C(c2ccccc2)c2ccccc2)CC1.